The van der Waals surface area contributed by atoms with Gasteiger partial charge in [0.2, 0.25) is 0 Å². The predicted octanol–water partition coefficient (Wildman–Crippen LogP) is 4.47. The molecule has 0 bridgehead atoms. The summed E-state index contributed by atoms with van der Waals surface area (Å²) in [6, 6.07) is 16.1. The van der Waals surface area contributed by atoms with Crippen molar-refractivity contribution in [3.8, 4) is 11.1 Å². The van der Waals surface area contributed by atoms with Crippen molar-refractivity contribution in [2.75, 3.05) is 18.4 Å². The number of fused-ring (bicyclic) bond motifs is 1. The topological polar surface area (TPSA) is 100 Å². The smallest absolute Gasteiger partial charge is 0.357 e. The molecule has 1 aliphatic heterocycles. The molecule has 0 radical (unpaired) electrons. The Labute approximate surface area is 190 Å². The summed E-state index contributed by atoms with van der Waals surface area (Å²) in [7, 11) is 0. The van der Waals surface area contributed by atoms with E-state index in [1.165, 1.54) is 18.4 Å². The highest BCUT2D eigenvalue weighted by Crippen LogP contribution is 2.27. The van der Waals surface area contributed by atoms with Crippen LogP contribution in [-0.2, 0) is 6.54 Å². The fourth-order valence-electron chi connectivity index (χ4n) is 4.21. The van der Waals surface area contributed by atoms with Crippen LogP contribution in [-0.4, -0.2) is 49.9 Å². The number of aromatic carboxylic acids is 1. The van der Waals surface area contributed by atoms with Crippen molar-refractivity contribution in [3.05, 3.63) is 78.2 Å². The molecule has 0 saturated carbocycles. The van der Waals surface area contributed by atoms with Gasteiger partial charge >= 0.3 is 12.0 Å². The van der Waals surface area contributed by atoms with Crippen LogP contribution in [0.4, 0.5) is 10.5 Å². The van der Waals surface area contributed by atoms with Gasteiger partial charge in [0, 0.05) is 35.6 Å². The van der Waals surface area contributed by atoms with E-state index in [0.29, 0.717) is 16.6 Å². The van der Waals surface area contributed by atoms with Crippen molar-refractivity contribution < 1.29 is 14.7 Å². The molecule has 0 spiro atoms. The number of anilines is 1. The molecule has 0 unspecified atom stereocenters. The number of amides is 1. The molecule has 3 heterocycles. The normalized spacial score (nSPS) is 13.9. The monoisotopic (exact) mass is 441 g/mol. The molecule has 0 aliphatic carbocycles. The number of benzene rings is 2. The van der Waals surface area contributed by atoms with E-state index < -0.39 is 12.0 Å². The standard InChI is InChI=1S/C25H23N5O3/c31-24(32)23-21-14-18(19-4-3-11-26-15-19)7-10-22(21)30(28-23)25(33)27-20-8-5-17(6-9-20)16-29-12-1-2-13-29/h3-11,14-15H,1-2,12-13,16H2,(H,27,33)(H,31,32). The number of carboxylic acids is 1. The number of hydrogen-bond acceptors (Lipinski definition) is 5. The number of likely N-dealkylation sites (tertiary alicyclic amines) is 1. The number of pyridine rings is 1. The maximum Gasteiger partial charge on any atom is 0.357 e. The Hall–Kier alpha value is -4.04. The van der Waals surface area contributed by atoms with Gasteiger partial charge in [-0.15, -0.1) is 0 Å². The van der Waals surface area contributed by atoms with Crippen LogP contribution in [0.3, 0.4) is 0 Å². The third-order valence-electron chi connectivity index (χ3n) is 5.88. The zero-order chi connectivity index (χ0) is 22.8. The summed E-state index contributed by atoms with van der Waals surface area (Å²) < 4.78 is 1.10. The van der Waals surface area contributed by atoms with Gasteiger partial charge in [-0.25, -0.2) is 9.59 Å². The number of carbonyl (C=O) groups excluding carboxylic acids is 1. The molecule has 1 saturated heterocycles. The van der Waals surface area contributed by atoms with E-state index in [-0.39, 0.29) is 5.69 Å². The minimum atomic E-state index is -1.19. The maximum atomic E-state index is 13.0. The van der Waals surface area contributed by atoms with Crippen LogP contribution in [0, 0.1) is 0 Å². The summed E-state index contributed by atoms with van der Waals surface area (Å²) in [5.41, 5.74) is 3.71. The zero-order valence-electron chi connectivity index (χ0n) is 17.9. The van der Waals surface area contributed by atoms with E-state index in [1.807, 2.05) is 42.5 Å². The lowest BCUT2D eigenvalue weighted by Crippen LogP contribution is -2.21. The van der Waals surface area contributed by atoms with Gasteiger partial charge in [-0.05, 0) is 67.4 Å². The van der Waals surface area contributed by atoms with Gasteiger partial charge in [-0.2, -0.15) is 9.78 Å². The molecule has 2 aromatic heterocycles. The Kier molecular flexibility index (Phi) is 5.58. The second kappa shape index (κ2) is 8.84. The maximum absolute atomic E-state index is 13.0. The van der Waals surface area contributed by atoms with E-state index in [0.717, 1.165) is 35.4 Å². The largest absolute Gasteiger partial charge is 0.476 e. The van der Waals surface area contributed by atoms with Crippen LogP contribution >= 0.6 is 0 Å². The molecule has 0 atom stereocenters. The van der Waals surface area contributed by atoms with Crippen LogP contribution in [0.25, 0.3) is 22.0 Å². The quantitative estimate of drug-likeness (QED) is 0.474. The third kappa shape index (κ3) is 4.33. The lowest BCUT2D eigenvalue weighted by Gasteiger charge is -2.14. The number of aromatic nitrogens is 3. The Morgan fingerprint density at radius 2 is 1.79 bits per heavy atom. The van der Waals surface area contributed by atoms with Gasteiger partial charge in [0.05, 0.1) is 5.52 Å². The molecule has 8 nitrogen and oxygen atoms in total. The van der Waals surface area contributed by atoms with Crippen molar-refractivity contribution >= 4 is 28.6 Å². The van der Waals surface area contributed by atoms with Crippen LogP contribution in [0.5, 0.6) is 0 Å². The number of carbonyl (C=O) groups is 2. The molecule has 33 heavy (non-hydrogen) atoms. The molecule has 4 aromatic rings. The molecule has 166 valence electrons. The van der Waals surface area contributed by atoms with Gasteiger partial charge in [-0.3, -0.25) is 9.88 Å². The highest BCUT2D eigenvalue weighted by atomic mass is 16.4. The SMILES string of the molecule is O=C(O)c1nn(C(=O)Nc2ccc(CN3CCCC3)cc2)c2ccc(-c3cccnc3)cc12. The van der Waals surface area contributed by atoms with E-state index >= 15 is 0 Å². The molecule has 5 rings (SSSR count). The minimum Gasteiger partial charge on any atom is -0.476 e. The Morgan fingerprint density at radius 3 is 2.48 bits per heavy atom. The minimum absolute atomic E-state index is 0.174. The average molecular weight is 441 g/mol. The first kappa shape index (κ1) is 20.8. The molecular formula is C25H23N5O3. The Bertz CT molecular complexity index is 1310. The van der Waals surface area contributed by atoms with Gasteiger partial charge in [-0.1, -0.05) is 24.3 Å². The van der Waals surface area contributed by atoms with Crippen molar-refractivity contribution in [1.29, 1.82) is 0 Å². The first-order valence-corrected chi connectivity index (χ1v) is 10.9. The second-order valence-electron chi connectivity index (χ2n) is 8.15. The number of carboxylic acid groups (broad SMARTS) is 1. The lowest BCUT2D eigenvalue weighted by atomic mass is 10.0. The summed E-state index contributed by atoms with van der Waals surface area (Å²) in [6.45, 7) is 3.15. The Morgan fingerprint density at radius 1 is 1.00 bits per heavy atom. The van der Waals surface area contributed by atoms with E-state index in [1.54, 1.807) is 24.5 Å². The first-order valence-electron chi connectivity index (χ1n) is 10.9. The number of nitrogens with zero attached hydrogens (tertiary/aromatic N) is 4. The molecule has 1 fully saturated rings. The van der Waals surface area contributed by atoms with Crippen LogP contribution in [0.2, 0.25) is 0 Å². The van der Waals surface area contributed by atoms with Crippen LogP contribution in [0.15, 0.2) is 67.0 Å². The lowest BCUT2D eigenvalue weighted by molar-refractivity contribution is 0.0692. The van der Waals surface area contributed by atoms with Crippen LogP contribution in [0.1, 0.15) is 28.9 Å². The van der Waals surface area contributed by atoms with Crippen molar-refractivity contribution in [2.24, 2.45) is 0 Å². The fraction of sp³-hybridized carbons (Fsp3) is 0.200. The summed E-state index contributed by atoms with van der Waals surface area (Å²) in [5.74, 6) is -1.19. The molecule has 2 aromatic carbocycles. The molecule has 1 amide bonds. The summed E-state index contributed by atoms with van der Waals surface area (Å²) in [5, 5.41) is 16.9. The Balaban J connectivity index is 1.40. The zero-order valence-corrected chi connectivity index (χ0v) is 17.9. The van der Waals surface area contributed by atoms with Gasteiger partial charge < -0.3 is 10.4 Å². The van der Waals surface area contributed by atoms with E-state index in [4.69, 9.17) is 0 Å². The van der Waals surface area contributed by atoms with Crippen LogP contribution < -0.4 is 5.32 Å². The van der Waals surface area contributed by atoms with Gasteiger partial charge in [0.15, 0.2) is 5.69 Å². The van der Waals surface area contributed by atoms with Gasteiger partial charge in [0.1, 0.15) is 0 Å². The highest BCUT2D eigenvalue weighted by molar-refractivity contribution is 6.06. The summed E-state index contributed by atoms with van der Waals surface area (Å²) in [4.78, 5) is 31.3. The van der Waals surface area contributed by atoms with Gasteiger partial charge in [0.25, 0.3) is 0 Å². The van der Waals surface area contributed by atoms with E-state index in [9.17, 15) is 14.7 Å². The first-order chi connectivity index (χ1) is 16.1. The number of hydrogen-bond donors (Lipinski definition) is 2. The molecule has 2 N–H and O–H groups in total. The van der Waals surface area contributed by atoms with Crippen molar-refractivity contribution in [2.45, 2.75) is 19.4 Å². The molecule has 8 heteroatoms. The van der Waals surface area contributed by atoms with Crippen molar-refractivity contribution in [3.63, 3.8) is 0 Å². The predicted molar refractivity (Wildman–Crippen MR) is 125 cm³/mol. The third-order valence-corrected chi connectivity index (χ3v) is 5.88. The molecule has 1 aliphatic rings. The second-order valence-corrected chi connectivity index (χ2v) is 8.15. The summed E-state index contributed by atoms with van der Waals surface area (Å²) >= 11 is 0. The number of nitrogens with one attached hydrogen (secondary N) is 1. The highest BCUT2D eigenvalue weighted by Gasteiger charge is 2.21. The average Bonchev–Trinajstić information content (AvgIpc) is 3.48. The van der Waals surface area contributed by atoms with E-state index in [2.05, 4.69) is 20.3 Å². The number of rotatable bonds is 5. The summed E-state index contributed by atoms with van der Waals surface area (Å²) in [6.07, 6.45) is 5.86. The molecular weight excluding hydrogens is 418 g/mol. The fourth-order valence-corrected chi connectivity index (χ4v) is 4.21. The van der Waals surface area contributed by atoms with Crippen molar-refractivity contribution in [1.82, 2.24) is 19.7 Å².